The van der Waals surface area contributed by atoms with Gasteiger partial charge in [-0.3, -0.25) is 9.69 Å². The lowest BCUT2D eigenvalue weighted by molar-refractivity contribution is -0.137. The molecule has 1 atom stereocenters. The van der Waals surface area contributed by atoms with Crippen molar-refractivity contribution in [3.05, 3.63) is 24.3 Å². The molecule has 0 aliphatic carbocycles. The van der Waals surface area contributed by atoms with Crippen LogP contribution in [-0.4, -0.2) is 35.4 Å². The van der Waals surface area contributed by atoms with Gasteiger partial charge >= 0.3 is 12.1 Å². The van der Waals surface area contributed by atoms with Crippen molar-refractivity contribution in [2.24, 2.45) is 0 Å². The Labute approximate surface area is 123 Å². The molecule has 21 heavy (non-hydrogen) atoms. The summed E-state index contributed by atoms with van der Waals surface area (Å²) < 4.78 is 10.9. The lowest BCUT2D eigenvalue weighted by atomic mass is 10.1. The molecule has 1 unspecified atom stereocenters. The number of para-hydroxylation sites is 2. The second kappa shape index (κ2) is 5.63. The standard InChI is InChI=1S/C15H19NO5/c1-15(2,3)21-14(19)16-10(8-13(17)18)9-20-12-7-5-4-6-11(12)16/h4-7,10H,8-9H2,1-3H3,(H,17,18). The van der Waals surface area contributed by atoms with Crippen LogP contribution in [0.2, 0.25) is 0 Å². The van der Waals surface area contributed by atoms with Crippen LogP contribution in [-0.2, 0) is 9.53 Å². The number of ether oxygens (including phenoxy) is 2. The van der Waals surface area contributed by atoms with Crippen molar-refractivity contribution in [2.75, 3.05) is 11.5 Å². The van der Waals surface area contributed by atoms with Crippen molar-refractivity contribution in [3.8, 4) is 5.75 Å². The van der Waals surface area contributed by atoms with Crippen molar-refractivity contribution in [1.82, 2.24) is 0 Å². The maximum absolute atomic E-state index is 12.4. The van der Waals surface area contributed by atoms with Crippen LogP contribution >= 0.6 is 0 Å². The van der Waals surface area contributed by atoms with Gasteiger partial charge in [0.25, 0.3) is 0 Å². The maximum Gasteiger partial charge on any atom is 0.415 e. The second-order valence-corrected chi connectivity index (χ2v) is 5.88. The predicted octanol–water partition coefficient (Wildman–Crippen LogP) is 2.66. The molecule has 6 nitrogen and oxygen atoms in total. The van der Waals surface area contributed by atoms with Crippen molar-refractivity contribution in [2.45, 2.75) is 38.8 Å². The zero-order valence-corrected chi connectivity index (χ0v) is 12.3. The van der Waals surface area contributed by atoms with E-state index in [1.165, 1.54) is 4.90 Å². The number of carbonyl (C=O) groups excluding carboxylic acids is 1. The number of hydrogen-bond acceptors (Lipinski definition) is 4. The minimum absolute atomic E-state index is 0.128. The number of hydrogen-bond donors (Lipinski definition) is 1. The maximum atomic E-state index is 12.4. The number of aliphatic carboxylic acids is 1. The highest BCUT2D eigenvalue weighted by atomic mass is 16.6. The highest BCUT2D eigenvalue weighted by molar-refractivity contribution is 5.92. The van der Waals surface area contributed by atoms with Crippen LogP contribution in [0.15, 0.2) is 24.3 Å². The van der Waals surface area contributed by atoms with Crippen LogP contribution in [0, 0.1) is 0 Å². The van der Waals surface area contributed by atoms with E-state index in [-0.39, 0.29) is 13.0 Å². The van der Waals surface area contributed by atoms with Crippen LogP contribution < -0.4 is 9.64 Å². The van der Waals surface area contributed by atoms with Gasteiger partial charge < -0.3 is 14.6 Å². The molecule has 6 heteroatoms. The van der Waals surface area contributed by atoms with Crippen LogP contribution in [0.3, 0.4) is 0 Å². The summed E-state index contributed by atoms with van der Waals surface area (Å²) >= 11 is 0. The number of fused-ring (bicyclic) bond motifs is 1. The fraction of sp³-hybridized carbons (Fsp3) is 0.467. The third-order valence-electron chi connectivity index (χ3n) is 2.92. The number of carboxylic acid groups (broad SMARTS) is 1. The molecule has 0 saturated carbocycles. The van der Waals surface area contributed by atoms with E-state index in [1.54, 1.807) is 45.0 Å². The highest BCUT2D eigenvalue weighted by Crippen LogP contribution is 2.35. The molecular weight excluding hydrogens is 274 g/mol. The fourth-order valence-corrected chi connectivity index (χ4v) is 2.15. The largest absolute Gasteiger partial charge is 0.489 e. The number of carboxylic acids is 1. The van der Waals surface area contributed by atoms with Crippen LogP contribution in [0.25, 0.3) is 0 Å². The van der Waals surface area contributed by atoms with E-state index in [1.807, 2.05) is 0 Å². The Hall–Kier alpha value is -2.24. The summed E-state index contributed by atoms with van der Waals surface area (Å²) in [4.78, 5) is 24.8. The first-order valence-electron chi connectivity index (χ1n) is 6.74. The summed E-state index contributed by atoms with van der Waals surface area (Å²) in [5.41, 5.74) is -0.123. The van der Waals surface area contributed by atoms with E-state index < -0.39 is 23.7 Å². The van der Waals surface area contributed by atoms with E-state index in [0.717, 1.165) is 0 Å². The van der Waals surface area contributed by atoms with Crippen molar-refractivity contribution in [3.63, 3.8) is 0 Å². The molecule has 1 aliphatic rings. The number of benzene rings is 1. The van der Waals surface area contributed by atoms with Gasteiger partial charge in [0, 0.05) is 0 Å². The summed E-state index contributed by atoms with van der Waals surface area (Å²) in [7, 11) is 0. The zero-order valence-electron chi connectivity index (χ0n) is 12.3. The van der Waals surface area contributed by atoms with Crippen LogP contribution in [0.5, 0.6) is 5.75 Å². The molecule has 1 N–H and O–H groups in total. The average Bonchev–Trinajstić information content (AvgIpc) is 2.35. The minimum atomic E-state index is -0.989. The lowest BCUT2D eigenvalue weighted by Crippen LogP contribution is -2.49. The number of rotatable bonds is 2. The predicted molar refractivity (Wildman–Crippen MR) is 76.7 cm³/mol. The van der Waals surface area contributed by atoms with Crippen LogP contribution in [0.1, 0.15) is 27.2 Å². The summed E-state index contributed by atoms with van der Waals surface area (Å²) in [6.07, 6.45) is -0.766. The molecular formula is C15H19NO5. The number of anilines is 1. The van der Waals surface area contributed by atoms with Crippen molar-refractivity contribution >= 4 is 17.7 Å². The van der Waals surface area contributed by atoms with Gasteiger partial charge in [-0.2, -0.15) is 0 Å². The quantitative estimate of drug-likeness (QED) is 0.907. The SMILES string of the molecule is CC(C)(C)OC(=O)N1c2ccccc2OCC1CC(=O)O. The third kappa shape index (κ3) is 3.65. The Kier molecular flexibility index (Phi) is 4.06. The molecule has 0 aromatic heterocycles. The molecule has 1 aromatic rings. The van der Waals surface area contributed by atoms with Crippen molar-refractivity contribution < 1.29 is 24.2 Å². The summed E-state index contributed by atoms with van der Waals surface area (Å²) in [6, 6.07) is 6.43. The Morgan fingerprint density at radius 3 is 2.67 bits per heavy atom. The molecule has 0 radical (unpaired) electrons. The summed E-state index contributed by atoms with van der Waals surface area (Å²) in [6.45, 7) is 5.43. The lowest BCUT2D eigenvalue weighted by Gasteiger charge is -2.37. The molecule has 0 fully saturated rings. The molecule has 1 amide bonds. The topological polar surface area (TPSA) is 76.1 Å². The van der Waals surface area contributed by atoms with E-state index >= 15 is 0 Å². The van der Waals surface area contributed by atoms with Gasteiger partial charge in [0.2, 0.25) is 0 Å². The molecule has 0 bridgehead atoms. The molecule has 0 saturated heterocycles. The first-order valence-corrected chi connectivity index (χ1v) is 6.74. The van der Waals surface area contributed by atoms with Gasteiger partial charge in [-0.15, -0.1) is 0 Å². The van der Waals surface area contributed by atoms with Gasteiger partial charge in [0.1, 0.15) is 18.0 Å². The van der Waals surface area contributed by atoms with Gasteiger partial charge in [0.15, 0.2) is 0 Å². The summed E-state index contributed by atoms with van der Waals surface area (Å²) in [5.74, 6) is -0.443. The Bertz CT molecular complexity index is 549. The highest BCUT2D eigenvalue weighted by Gasteiger charge is 2.36. The zero-order chi connectivity index (χ0) is 15.6. The number of carbonyl (C=O) groups is 2. The van der Waals surface area contributed by atoms with Crippen molar-refractivity contribution in [1.29, 1.82) is 0 Å². The third-order valence-corrected chi connectivity index (χ3v) is 2.92. The molecule has 1 aromatic carbocycles. The smallest absolute Gasteiger partial charge is 0.415 e. The van der Waals surface area contributed by atoms with E-state index in [4.69, 9.17) is 14.6 Å². The Morgan fingerprint density at radius 2 is 2.05 bits per heavy atom. The summed E-state index contributed by atoms with van der Waals surface area (Å²) in [5, 5.41) is 9.01. The molecule has 0 spiro atoms. The first-order chi connectivity index (χ1) is 9.78. The molecule has 1 heterocycles. The second-order valence-electron chi connectivity index (χ2n) is 5.88. The Morgan fingerprint density at radius 1 is 1.38 bits per heavy atom. The van der Waals surface area contributed by atoms with E-state index in [0.29, 0.717) is 11.4 Å². The van der Waals surface area contributed by atoms with Gasteiger partial charge in [0.05, 0.1) is 18.2 Å². The van der Waals surface area contributed by atoms with Gasteiger partial charge in [-0.1, -0.05) is 12.1 Å². The molecule has 2 rings (SSSR count). The number of nitrogens with zero attached hydrogens (tertiary/aromatic N) is 1. The Balaban J connectivity index is 2.34. The number of amides is 1. The van der Waals surface area contributed by atoms with Gasteiger partial charge in [-0.25, -0.2) is 4.79 Å². The average molecular weight is 293 g/mol. The molecule has 1 aliphatic heterocycles. The van der Waals surface area contributed by atoms with Crippen LogP contribution in [0.4, 0.5) is 10.5 Å². The monoisotopic (exact) mass is 293 g/mol. The first kappa shape index (κ1) is 15.2. The van der Waals surface area contributed by atoms with Gasteiger partial charge in [-0.05, 0) is 32.9 Å². The minimum Gasteiger partial charge on any atom is -0.489 e. The van der Waals surface area contributed by atoms with E-state index in [2.05, 4.69) is 0 Å². The fourth-order valence-electron chi connectivity index (χ4n) is 2.15. The normalized spacial score (nSPS) is 17.7. The molecule has 114 valence electrons. The van der Waals surface area contributed by atoms with E-state index in [9.17, 15) is 9.59 Å².